The molecule has 0 spiro atoms. The first kappa shape index (κ1) is 26.1. The lowest BCUT2D eigenvalue weighted by Gasteiger charge is -2.24. The fraction of sp³-hybridized carbons (Fsp3) is 0.333. The molecule has 10 nitrogen and oxygen atoms in total. The number of aliphatic carboxylic acids is 1. The number of rotatable bonds is 13. The quantitative estimate of drug-likeness (QED) is 0.193. The van der Waals surface area contributed by atoms with Crippen LogP contribution in [0.15, 0.2) is 54.3 Å². The molecule has 3 atom stereocenters. The third-order valence-corrected chi connectivity index (χ3v) is 6.35. The largest absolute Gasteiger partial charge is 0.481 e. The number of carbonyl (C=O) groups is 3. The van der Waals surface area contributed by atoms with E-state index < -0.39 is 30.2 Å². The summed E-state index contributed by atoms with van der Waals surface area (Å²) >= 11 is 1.65. The van der Waals surface area contributed by atoms with Gasteiger partial charge in [0.1, 0.15) is 12.3 Å². The lowest BCUT2D eigenvalue weighted by molar-refractivity contribution is -0.138. The zero-order valence-corrected chi connectivity index (χ0v) is 19.8. The third kappa shape index (κ3) is 8.32. The number of hydrogen-bond donors (Lipinski definition) is 6. The number of nitrogens with two attached hydrogens (primary N) is 1. The van der Waals surface area contributed by atoms with Crippen LogP contribution in [0.25, 0.3) is 10.4 Å². The molecule has 0 aliphatic carbocycles. The number of benzene rings is 1. The van der Waals surface area contributed by atoms with Crippen LogP contribution in [0.3, 0.4) is 0 Å². The first-order valence-corrected chi connectivity index (χ1v) is 12.0. The van der Waals surface area contributed by atoms with E-state index >= 15 is 0 Å². The Kier molecular flexibility index (Phi) is 9.53. The summed E-state index contributed by atoms with van der Waals surface area (Å²) in [6.07, 6.45) is 2.01. The normalized spacial score (nSPS) is 13.5. The second kappa shape index (κ2) is 12.8. The first-order valence-electron chi connectivity index (χ1n) is 11.2. The molecule has 0 bridgehead atoms. The van der Waals surface area contributed by atoms with Crippen molar-refractivity contribution >= 4 is 29.1 Å². The summed E-state index contributed by atoms with van der Waals surface area (Å²) in [5, 5.41) is 26.2. The summed E-state index contributed by atoms with van der Waals surface area (Å²) in [7, 11) is 0. The number of thiophene rings is 1. The van der Waals surface area contributed by atoms with E-state index in [1.807, 2.05) is 41.8 Å². The van der Waals surface area contributed by atoms with E-state index in [4.69, 9.17) is 10.8 Å². The number of aromatic nitrogens is 2. The van der Waals surface area contributed by atoms with Crippen molar-refractivity contribution in [3.8, 4) is 10.4 Å². The fourth-order valence-corrected chi connectivity index (χ4v) is 4.25. The van der Waals surface area contributed by atoms with Gasteiger partial charge in [-0.25, -0.2) is 4.98 Å². The maximum Gasteiger partial charge on any atom is 0.303 e. The van der Waals surface area contributed by atoms with E-state index in [0.717, 1.165) is 16.0 Å². The van der Waals surface area contributed by atoms with Crippen LogP contribution >= 0.6 is 11.3 Å². The summed E-state index contributed by atoms with van der Waals surface area (Å²) in [5.41, 5.74) is 8.33. The summed E-state index contributed by atoms with van der Waals surface area (Å²) < 4.78 is 0. The number of nitrogens with one attached hydrogen (secondary N) is 3. The van der Waals surface area contributed by atoms with Gasteiger partial charge in [-0.15, -0.1) is 11.3 Å². The topological polar surface area (TPSA) is 170 Å². The summed E-state index contributed by atoms with van der Waals surface area (Å²) in [5.74, 6) is -2.08. The van der Waals surface area contributed by atoms with Gasteiger partial charge in [-0.05, 0) is 35.4 Å². The Hall–Kier alpha value is -3.54. The highest BCUT2D eigenvalue weighted by Crippen LogP contribution is 2.24. The molecule has 0 saturated carbocycles. The SMILES string of the molecule is NC(O)[C@H](Cc1cnc[nH]1)NC(=O)[C@H](CCC(=O)O)NC(=O)CCc1ccc(-c2cccs2)cc1. The second-order valence-corrected chi connectivity index (χ2v) is 9.06. The van der Waals surface area contributed by atoms with E-state index in [2.05, 4.69) is 20.6 Å². The van der Waals surface area contributed by atoms with E-state index in [0.29, 0.717) is 12.1 Å². The highest BCUT2D eigenvalue weighted by molar-refractivity contribution is 7.13. The first-order chi connectivity index (χ1) is 16.8. The van der Waals surface area contributed by atoms with Crippen LogP contribution in [0.1, 0.15) is 30.5 Å². The van der Waals surface area contributed by atoms with Gasteiger partial charge >= 0.3 is 5.97 Å². The standard InChI is InChI=1S/C24H29N5O5S/c25-23(33)19(12-17-13-26-14-27-17)29-24(34)18(8-10-22(31)32)28-21(30)9-5-15-3-6-16(7-4-15)20-2-1-11-35-20/h1-4,6-7,11,13-14,18-19,23,33H,5,8-10,12,25H2,(H,26,27)(H,28,30)(H,29,34)(H,31,32)/t18-,19-,23?/m0/s1. The van der Waals surface area contributed by atoms with Crippen LogP contribution in [-0.4, -0.2) is 56.3 Å². The molecular formula is C24H29N5O5S. The van der Waals surface area contributed by atoms with Crippen molar-refractivity contribution < 1.29 is 24.6 Å². The van der Waals surface area contributed by atoms with Crippen molar-refractivity contribution in [2.24, 2.45) is 5.73 Å². The number of imidazole rings is 1. The van der Waals surface area contributed by atoms with Crippen molar-refractivity contribution in [2.45, 2.75) is 50.4 Å². The minimum Gasteiger partial charge on any atom is -0.481 e. The maximum atomic E-state index is 12.8. The molecule has 3 aromatic rings. The van der Waals surface area contributed by atoms with Gasteiger partial charge in [-0.3, -0.25) is 14.4 Å². The Morgan fingerprint density at radius 1 is 1.11 bits per heavy atom. The molecule has 7 N–H and O–H groups in total. The van der Waals surface area contributed by atoms with E-state index in [9.17, 15) is 19.5 Å². The number of aromatic amines is 1. The molecule has 1 aromatic carbocycles. The highest BCUT2D eigenvalue weighted by atomic mass is 32.1. The van der Waals surface area contributed by atoms with Crippen molar-refractivity contribution in [3.05, 3.63) is 65.6 Å². The number of nitrogens with zero attached hydrogens (tertiary/aromatic N) is 1. The van der Waals surface area contributed by atoms with Gasteiger partial charge in [0.2, 0.25) is 11.8 Å². The third-order valence-electron chi connectivity index (χ3n) is 5.43. The maximum absolute atomic E-state index is 12.8. The second-order valence-electron chi connectivity index (χ2n) is 8.11. The molecule has 186 valence electrons. The van der Waals surface area contributed by atoms with E-state index in [1.165, 1.54) is 12.5 Å². The number of carbonyl (C=O) groups excluding carboxylic acids is 2. The Balaban J connectivity index is 1.57. The van der Waals surface area contributed by atoms with Gasteiger partial charge in [0.05, 0.1) is 12.4 Å². The minimum atomic E-state index is -1.37. The molecular weight excluding hydrogens is 470 g/mol. The number of amides is 2. The average Bonchev–Trinajstić information content (AvgIpc) is 3.54. The lowest BCUT2D eigenvalue weighted by atomic mass is 10.0. The van der Waals surface area contributed by atoms with Crippen molar-refractivity contribution in [2.75, 3.05) is 0 Å². The van der Waals surface area contributed by atoms with Crippen molar-refractivity contribution in [1.29, 1.82) is 0 Å². The molecule has 2 heterocycles. The molecule has 3 rings (SSSR count). The molecule has 0 fully saturated rings. The van der Waals surface area contributed by atoms with Gasteiger partial charge < -0.3 is 31.6 Å². The van der Waals surface area contributed by atoms with E-state index in [-0.39, 0.29) is 31.6 Å². The van der Waals surface area contributed by atoms with Gasteiger partial charge in [0, 0.05) is 36.0 Å². The van der Waals surface area contributed by atoms with Crippen LogP contribution in [0.5, 0.6) is 0 Å². The average molecular weight is 500 g/mol. The molecule has 0 saturated heterocycles. The molecule has 2 amide bonds. The molecule has 11 heteroatoms. The van der Waals surface area contributed by atoms with Crippen LogP contribution in [-0.2, 0) is 27.2 Å². The monoisotopic (exact) mass is 499 g/mol. The Morgan fingerprint density at radius 2 is 1.89 bits per heavy atom. The zero-order valence-electron chi connectivity index (χ0n) is 19.0. The van der Waals surface area contributed by atoms with E-state index in [1.54, 1.807) is 11.3 Å². The summed E-state index contributed by atoms with van der Waals surface area (Å²) in [6.45, 7) is 0. The van der Waals surface area contributed by atoms with Crippen LogP contribution in [0.4, 0.5) is 0 Å². The Morgan fingerprint density at radius 3 is 2.49 bits per heavy atom. The Labute approximate surface area is 206 Å². The molecule has 0 radical (unpaired) electrons. The Bertz CT molecular complexity index is 1080. The minimum absolute atomic E-state index is 0.0974. The number of aliphatic hydroxyl groups is 1. The van der Waals surface area contributed by atoms with Gasteiger partial charge in [0.25, 0.3) is 0 Å². The van der Waals surface area contributed by atoms with Crippen molar-refractivity contribution in [3.63, 3.8) is 0 Å². The number of hydrogen-bond acceptors (Lipinski definition) is 7. The molecule has 2 aromatic heterocycles. The van der Waals surface area contributed by atoms with Gasteiger partial charge in [-0.2, -0.15) is 0 Å². The molecule has 1 unspecified atom stereocenters. The fourth-order valence-electron chi connectivity index (χ4n) is 3.51. The highest BCUT2D eigenvalue weighted by Gasteiger charge is 2.26. The van der Waals surface area contributed by atoms with Crippen LogP contribution < -0.4 is 16.4 Å². The summed E-state index contributed by atoms with van der Waals surface area (Å²) in [4.78, 5) is 44.4. The number of carboxylic acid groups (broad SMARTS) is 1. The number of H-pyrrole nitrogens is 1. The predicted molar refractivity (Wildman–Crippen MR) is 131 cm³/mol. The van der Waals surface area contributed by atoms with Crippen LogP contribution in [0.2, 0.25) is 0 Å². The predicted octanol–water partition coefficient (Wildman–Crippen LogP) is 1.43. The van der Waals surface area contributed by atoms with Gasteiger partial charge in [0.15, 0.2) is 0 Å². The molecule has 0 aliphatic rings. The number of aliphatic hydroxyl groups excluding tert-OH is 1. The molecule has 0 aliphatic heterocycles. The number of carboxylic acids is 1. The lowest BCUT2D eigenvalue weighted by Crippen LogP contribution is -2.55. The summed E-state index contributed by atoms with van der Waals surface area (Å²) in [6, 6.07) is 10.0. The zero-order chi connectivity index (χ0) is 25.2. The van der Waals surface area contributed by atoms with Gasteiger partial charge in [-0.1, -0.05) is 30.3 Å². The van der Waals surface area contributed by atoms with Crippen LogP contribution in [0, 0.1) is 0 Å². The number of aryl methyl sites for hydroxylation is 1. The van der Waals surface area contributed by atoms with Crippen molar-refractivity contribution in [1.82, 2.24) is 20.6 Å². The smallest absolute Gasteiger partial charge is 0.303 e. The molecule has 35 heavy (non-hydrogen) atoms.